The second-order valence-electron chi connectivity index (χ2n) is 8.23. The van der Waals surface area contributed by atoms with Crippen molar-refractivity contribution in [1.29, 1.82) is 5.41 Å². The predicted octanol–water partition coefficient (Wildman–Crippen LogP) is 4.30. The second kappa shape index (κ2) is 9.29. The maximum atomic E-state index is 12.8. The van der Waals surface area contributed by atoms with Crippen LogP contribution < -0.4 is 0 Å². The molecule has 0 aromatic rings. The molecule has 2 aliphatic heterocycles. The minimum absolute atomic E-state index is 0.00317. The smallest absolute Gasteiger partial charge is 0.334 e. The van der Waals surface area contributed by atoms with E-state index in [1.807, 2.05) is 13.0 Å². The van der Waals surface area contributed by atoms with E-state index in [-0.39, 0.29) is 18.0 Å². The highest BCUT2D eigenvalue weighted by Crippen LogP contribution is 2.40. The fourth-order valence-electron chi connectivity index (χ4n) is 4.29. The molecule has 2 bridgehead atoms. The maximum Gasteiger partial charge on any atom is 0.334 e. The first-order chi connectivity index (χ1) is 13.9. The van der Waals surface area contributed by atoms with E-state index >= 15 is 0 Å². The van der Waals surface area contributed by atoms with Crippen molar-refractivity contribution in [3.63, 3.8) is 0 Å². The summed E-state index contributed by atoms with van der Waals surface area (Å²) >= 11 is 0. The zero-order chi connectivity index (χ0) is 20.9. The van der Waals surface area contributed by atoms with Crippen molar-refractivity contribution in [3.05, 3.63) is 34.9 Å². The molecule has 156 valence electrons. The summed E-state index contributed by atoms with van der Waals surface area (Å²) in [6.07, 6.45) is 11.2. The number of fused-ring (bicyclic) bond motifs is 1. The molecule has 1 N–H and O–H groups in total. The van der Waals surface area contributed by atoms with Gasteiger partial charge in [0.05, 0.1) is 13.1 Å². The average molecular weight is 399 g/mol. The normalized spacial score (nSPS) is 30.8. The van der Waals surface area contributed by atoms with E-state index < -0.39 is 11.4 Å². The van der Waals surface area contributed by atoms with Gasteiger partial charge in [0.1, 0.15) is 11.5 Å². The van der Waals surface area contributed by atoms with Crippen LogP contribution in [0, 0.1) is 16.7 Å². The van der Waals surface area contributed by atoms with E-state index in [4.69, 9.17) is 14.9 Å². The van der Waals surface area contributed by atoms with E-state index in [9.17, 15) is 9.59 Å². The Morgan fingerprint density at radius 3 is 2.72 bits per heavy atom. The number of azo groups is 1. The minimum atomic E-state index is -0.821. The molecule has 3 rings (SSSR count). The first-order valence-electron chi connectivity index (χ1n) is 10.2. The van der Waals surface area contributed by atoms with Crippen LogP contribution in [0.2, 0.25) is 0 Å². The van der Waals surface area contributed by atoms with Crippen LogP contribution in [0.1, 0.15) is 52.4 Å². The number of ether oxygens (including phenoxy) is 2. The third-order valence-electron chi connectivity index (χ3n) is 6.13. The summed E-state index contributed by atoms with van der Waals surface area (Å²) < 4.78 is 10.5. The van der Waals surface area contributed by atoms with Gasteiger partial charge in [-0.05, 0) is 57.9 Å². The van der Waals surface area contributed by atoms with Crippen LogP contribution >= 0.6 is 0 Å². The van der Waals surface area contributed by atoms with Crippen LogP contribution in [-0.2, 0) is 19.1 Å². The minimum Gasteiger partial charge on any atom is -0.454 e. The highest BCUT2D eigenvalue weighted by molar-refractivity contribution is 5.90. The van der Waals surface area contributed by atoms with Crippen molar-refractivity contribution in [1.82, 2.24) is 0 Å². The van der Waals surface area contributed by atoms with Crippen LogP contribution in [-0.4, -0.2) is 37.5 Å². The van der Waals surface area contributed by atoms with Crippen molar-refractivity contribution < 1.29 is 19.1 Å². The van der Waals surface area contributed by atoms with Crippen molar-refractivity contribution in [2.75, 3.05) is 13.1 Å². The lowest BCUT2D eigenvalue weighted by molar-refractivity contribution is -0.148. The van der Waals surface area contributed by atoms with Crippen molar-refractivity contribution in [2.24, 2.45) is 21.6 Å². The standard InChI is InChI=1S/C22H29N3O4/c1-15-4-3-5-17-11-19(29-20(17)26)10-16(2)7-9-18(8-6-15)22(12-24-25-13-22)21(27)28-14-23/h4,7,11,14,18-19,23H,3,5-6,8-10,12-13H2,1-2H3/b15-4+,16-7+,23-14?/t18-,19?/m0/s1. The molecule has 7 heteroatoms. The summed E-state index contributed by atoms with van der Waals surface area (Å²) in [7, 11) is 0. The van der Waals surface area contributed by atoms with E-state index in [0.717, 1.165) is 30.4 Å². The molecule has 0 aromatic heterocycles. The van der Waals surface area contributed by atoms with Gasteiger partial charge in [-0.2, -0.15) is 10.2 Å². The molecule has 0 amide bonds. The zero-order valence-electron chi connectivity index (χ0n) is 17.1. The van der Waals surface area contributed by atoms with Crippen molar-refractivity contribution >= 4 is 18.3 Å². The Morgan fingerprint density at radius 2 is 2.00 bits per heavy atom. The molecule has 0 saturated carbocycles. The van der Waals surface area contributed by atoms with Crippen LogP contribution in [0.25, 0.3) is 0 Å². The number of esters is 2. The number of rotatable bonds is 3. The number of nitrogens with zero attached hydrogens (tertiary/aromatic N) is 2. The summed E-state index contributed by atoms with van der Waals surface area (Å²) in [4.78, 5) is 24.8. The summed E-state index contributed by atoms with van der Waals surface area (Å²) in [6.45, 7) is 4.71. The monoisotopic (exact) mass is 399 g/mol. The summed E-state index contributed by atoms with van der Waals surface area (Å²) in [6, 6.07) is 0. The Kier molecular flexibility index (Phi) is 6.77. The zero-order valence-corrected chi connectivity index (χ0v) is 17.1. The van der Waals surface area contributed by atoms with Gasteiger partial charge in [0, 0.05) is 12.0 Å². The lowest BCUT2D eigenvalue weighted by Crippen LogP contribution is -2.43. The fourth-order valence-corrected chi connectivity index (χ4v) is 4.29. The molecular weight excluding hydrogens is 370 g/mol. The molecule has 0 saturated heterocycles. The summed E-state index contributed by atoms with van der Waals surface area (Å²) in [5, 5.41) is 15.4. The van der Waals surface area contributed by atoms with Gasteiger partial charge in [0.15, 0.2) is 6.40 Å². The Balaban J connectivity index is 1.86. The second-order valence-corrected chi connectivity index (χ2v) is 8.23. The van der Waals surface area contributed by atoms with E-state index in [1.54, 1.807) is 0 Å². The maximum absolute atomic E-state index is 12.8. The molecule has 7 nitrogen and oxygen atoms in total. The number of nitrogens with one attached hydrogen (secondary N) is 1. The molecule has 0 spiro atoms. The molecule has 1 aliphatic carbocycles. The molecular formula is C22H29N3O4. The van der Waals surface area contributed by atoms with Crippen molar-refractivity contribution in [2.45, 2.75) is 58.5 Å². The predicted molar refractivity (Wildman–Crippen MR) is 109 cm³/mol. The van der Waals surface area contributed by atoms with Gasteiger partial charge in [-0.3, -0.25) is 10.2 Å². The Morgan fingerprint density at radius 1 is 1.24 bits per heavy atom. The van der Waals surface area contributed by atoms with Crippen LogP contribution in [0.4, 0.5) is 0 Å². The van der Waals surface area contributed by atoms with Gasteiger partial charge in [0.2, 0.25) is 0 Å². The lowest BCUT2D eigenvalue weighted by atomic mass is 9.71. The largest absolute Gasteiger partial charge is 0.454 e. The first-order valence-corrected chi connectivity index (χ1v) is 10.2. The molecule has 3 aliphatic rings. The number of carbonyl (C=O) groups excluding carboxylic acids is 2. The van der Waals surface area contributed by atoms with Gasteiger partial charge in [-0.25, -0.2) is 4.79 Å². The average Bonchev–Trinajstić information content (AvgIpc) is 3.29. The van der Waals surface area contributed by atoms with Gasteiger partial charge < -0.3 is 9.47 Å². The molecule has 0 radical (unpaired) electrons. The summed E-state index contributed by atoms with van der Waals surface area (Å²) in [5.41, 5.74) is 2.30. The molecule has 0 fully saturated rings. The molecule has 29 heavy (non-hydrogen) atoms. The Bertz CT molecular complexity index is 786. The highest BCUT2D eigenvalue weighted by Gasteiger charge is 2.49. The fraction of sp³-hybridized carbons (Fsp3) is 0.591. The van der Waals surface area contributed by atoms with Crippen LogP contribution in [0.15, 0.2) is 45.2 Å². The SMILES string of the molecule is C/C1=C\CCC2=CC(C/C(C)=C/C[C@@H](C3(C(=O)OC=N)CN=NC3)CC1)OC2=O. The third kappa shape index (κ3) is 4.89. The van der Waals surface area contributed by atoms with Gasteiger partial charge in [0.25, 0.3) is 0 Å². The van der Waals surface area contributed by atoms with Gasteiger partial charge in [-0.1, -0.05) is 23.3 Å². The Labute approximate surface area is 171 Å². The molecule has 1 unspecified atom stereocenters. The van der Waals surface area contributed by atoms with Gasteiger partial charge >= 0.3 is 11.9 Å². The highest BCUT2D eigenvalue weighted by atomic mass is 16.5. The number of carbonyl (C=O) groups is 2. The van der Waals surface area contributed by atoms with E-state index in [2.05, 4.69) is 29.3 Å². The number of hydrogen-bond donors (Lipinski definition) is 1. The lowest BCUT2D eigenvalue weighted by Gasteiger charge is -2.32. The van der Waals surface area contributed by atoms with Gasteiger partial charge in [-0.15, -0.1) is 0 Å². The topological polar surface area (TPSA) is 101 Å². The first kappa shape index (κ1) is 21.1. The Hall–Kier alpha value is -2.57. The molecule has 2 heterocycles. The quantitative estimate of drug-likeness (QED) is 0.331. The van der Waals surface area contributed by atoms with Crippen LogP contribution in [0.3, 0.4) is 0 Å². The van der Waals surface area contributed by atoms with Crippen molar-refractivity contribution in [3.8, 4) is 0 Å². The van der Waals surface area contributed by atoms with E-state index in [1.165, 1.54) is 5.57 Å². The number of allylic oxidation sites excluding steroid dienone is 3. The molecule has 0 aromatic carbocycles. The number of hydrogen-bond acceptors (Lipinski definition) is 7. The third-order valence-corrected chi connectivity index (χ3v) is 6.13. The van der Waals surface area contributed by atoms with Crippen LogP contribution in [0.5, 0.6) is 0 Å². The van der Waals surface area contributed by atoms with E-state index in [0.29, 0.717) is 38.8 Å². The molecule has 2 atom stereocenters. The summed E-state index contributed by atoms with van der Waals surface area (Å²) in [5.74, 6) is -0.624.